The number of thiocarbonyl (C=S) groups is 1. The maximum atomic E-state index is 11.9. The van der Waals surface area contributed by atoms with Gasteiger partial charge in [0.2, 0.25) is 5.91 Å². The molecule has 18 heavy (non-hydrogen) atoms. The lowest BCUT2D eigenvalue weighted by Crippen LogP contribution is -2.45. The van der Waals surface area contributed by atoms with Crippen molar-refractivity contribution in [2.75, 3.05) is 19.6 Å². The van der Waals surface area contributed by atoms with Crippen molar-refractivity contribution >= 4 is 23.1 Å². The molecule has 1 saturated carbocycles. The minimum Gasteiger partial charge on any atom is -0.392 e. The predicted octanol–water partition coefficient (Wildman–Crippen LogP) is 1.43. The fourth-order valence-corrected chi connectivity index (χ4v) is 2.66. The third-order valence-electron chi connectivity index (χ3n) is 3.26. The molecule has 0 radical (unpaired) electrons. The highest BCUT2D eigenvalue weighted by Gasteiger charge is 2.17. The molecule has 1 fully saturated rings. The molecule has 0 atom stereocenters. The lowest BCUT2D eigenvalue weighted by atomic mass is 9.95. The maximum Gasteiger partial charge on any atom is 0.234 e. The van der Waals surface area contributed by atoms with Crippen LogP contribution in [0.1, 0.15) is 45.4 Å². The highest BCUT2D eigenvalue weighted by Crippen LogP contribution is 2.17. The van der Waals surface area contributed by atoms with E-state index in [0.717, 1.165) is 25.8 Å². The molecule has 1 amide bonds. The van der Waals surface area contributed by atoms with Gasteiger partial charge in [-0.2, -0.15) is 0 Å². The summed E-state index contributed by atoms with van der Waals surface area (Å²) in [6.45, 7) is 3.88. The van der Waals surface area contributed by atoms with Crippen molar-refractivity contribution in [3.8, 4) is 0 Å². The first kappa shape index (κ1) is 15.4. The van der Waals surface area contributed by atoms with E-state index < -0.39 is 0 Å². The Bertz CT molecular complexity index is 277. The van der Waals surface area contributed by atoms with Gasteiger partial charge in [0.1, 0.15) is 0 Å². The number of amides is 1. The van der Waals surface area contributed by atoms with E-state index in [0.29, 0.717) is 24.1 Å². The van der Waals surface area contributed by atoms with Crippen LogP contribution in [0.4, 0.5) is 0 Å². The van der Waals surface area contributed by atoms with Gasteiger partial charge in [0.15, 0.2) is 0 Å². The second-order valence-corrected chi connectivity index (χ2v) is 5.60. The van der Waals surface area contributed by atoms with Crippen molar-refractivity contribution in [3.05, 3.63) is 0 Å². The number of rotatable bonds is 7. The van der Waals surface area contributed by atoms with Gasteiger partial charge in [0, 0.05) is 12.6 Å². The topological polar surface area (TPSA) is 58.4 Å². The number of nitrogens with two attached hydrogens (primary N) is 1. The Kier molecular flexibility index (Phi) is 7.20. The Morgan fingerprint density at radius 1 is 1.33 bits per heavy atom. The molecule has 1 aliphatic carbocycles. The van der Waals surface area contributed by atoms with Gasteiger partial charge in [-0.25, -0.2) is 0 Å². The third-order valence-corrected chi connectivity index (χ3v) is 3.39. The van der Waals surface area contributed by atoms with Crippen molar-refractivity contribution in [3.63, 3.8) is 0 Å². The van der Waals surface area contributed by atoms with Gasteiger partial charge in [-0.1, -0.05) is 38.4 Å². The molecule has 0 aromatic carbocycles. The van der Waals surface area contributed by atoms with Crippen molar-refractivity contribution < 1.29 is 4.79 Å². The highest BCUT2D eigenvalue weighted by atomic mass is 32.1. The van der Waals surface area contributed by atoms with Crippen LogP contribution in [0.15, 0.2) is 0 Å². The van der Waals surface area contributed by atoms with Gasteiger partial charge < -0.3 is 11.1 Å². The SMILES string of the molecule is CCCN(CC(=O)NC1CCCCC1)CC(N)=S. The quantitative estimate of drug-likeness (QED) is 0.688. The molecule has 1 rings (SSSR count). The van der Waals surface area contributed by atoms with Crippen LogP contribution in [-0.2, 0) is 4.79 Å². The van der Waals surface area contributed by atoms with Crippen LogP contribution in [-0.4, -0.2) is 41.5 Å². The Morgan fingerprint density at radius 3 is 2.56 bits per heavy atom. The second kappa shape index (κ2) is 8.43. The zero-order chi connectivity index (χ0) is 13.4. The summed E-state index contributed by atoms with van der Waals surface area (Å²) in [7, 11) is 0. The van der Waals surface area contributed by atoms with Gasteiger partial charge in [0.25, 0.3) is 0 Å². The Morgan fingerprint density at radius 2 is 2.00 bits per heavy atom. The summed E-state index contributed by atoms with van der Waals surface area (Å²) in [5.74, 6) is 0.103. The average Bonchev–Trinajstić information content (AvgIpc) is 2.29. The van der Waals surface area contributed by atoms with E-state index in [4.69, 9.17) is 18.0 Å². The Balaban J connectivity index is 2.32. The van der Waals surface area contributed by atoms with Crippen molar-refractivity contribution in [1.82, 2.24) is 10.2 Å². The van der Waals surface area contributed by atoms with Crippen molar-refractivity contribution in [2.24, 2.45) is 5.73 Å². The molecule has 0 unspecified atom stereocenters. The molecule has 0 spiro atoms. The number of nitrogens with zero attached hydrogens (tertiary/aromatic N) is 1. The zero-order valence-electron chi connectivity index (χ0n) is 11.3. The van der Waals surface area contributed by atoms with Crippen LogP contribution in [0.2, 0.25) is 0 Å². The largest absolute Gasteiger partial charge is 0.392 e. The van der Waals surface area contributed by atoms with E-state index in [1.807, 2.05) is 4.90 Å². The van der Waals surface area contributed by atoms with Crippen molar-refractivity contribution in [2.45, 2.75) is 51.5 Å². The molecule has 0 aromatic heterocycles. The van der Waals surface area contributed by atoms with Crippen LogP contribution >= 0.6 is 12.2 Å². The van der Waals surface area contributed by atoms with Crippen molar-refractivity contribution in [1.29, 1.82) is 0 Å². The smallest absolute Gasteiger partial charge is 0.234 e. The molecule has 3 N–H and O–H groups in total. The number of hydrogen-bond acceptors (Lipinski definition) is 3. The molecule has 0 aliphatic heterocycles. The Labute approximate surface area is 115 Å². The van der Waals surface area contributed by atoms with Crippen LogP contribution < -0.4 is 11.1 Å². The normalized spacial score (nSPS) is 16.8. The molecular formula is C13H25N3OS. The molecule has 0 saturated heterocycles. The van der Waals surface area contributed by atoms with E-state index in [2.05, 4.69) is 12.2 Å². The number of nitrogens with one attached hydrogen (secondary N) is 1. The summed E-state index contributed by atoms with van der Waals surface area (Å²) in [6, 6.07) is 0.375. The van der Waals surface area contributed by atoms with E-state index >= 15 is 0 Å². The van der Waals surface area contributed by atoms with Gasteiger partial charge in [0.05, 0.1) is 11.5 Å². The molecule has 0 aromatic rings. The molecule has 104 valence electrons. The monoisotopic (exact) mass is 271 g/mol. The first-order chi connectivity index (χ1) is 8.61. The molecule has 4 nitrogen and oxygen atoms in total. The lowest BCUT2D eigenvalue weighted by Gasteiger charge is -2.25. The fourth-order valence-electron chi connectivity index (χ4n) is 2.47. The van der Waals surface area contributed by atoms with Gasteiger partial charge in [-0.15, -0.1) is 0 Å². The van der Waals surface area contributed by atoms with Crippen LogP contribution in [0, 0.1) is 0 Å². The van der Waals surface area contributed by atoms with E-state index in [-0.39, 0.29) is 5.91 Å². The fraction of sp³-hybridized carbons (Fsp3) is 0.846. The zero-order valence-corrected chi connectivity index (χ0v) is 12.1. The summed E-state index contributed by atoms with van der Waals surface area (Å²) in [5, 5.41) is 3.12. The number of hydrogen-bond donors (Lipinski definition) is 2. The van der Waals surface area contributed by atoms with E-state index in [1.54, 1.807) is 0 Å². The average molecular weight is 271 g/mol. The molecule has 1 aliphatic rings. The second-order valence-electron chi connectivity index (χ2n) is 5.08. The summed E-state index contributed by atoms with van der Waals surface area (Å²) in [6.07, 6.45) is 7.01. The van der Waals surface area contributed by atoms with Crippen LogP contribution in [0.25, 0.3) is 0 Å². The summed E-state index contributed by atoms with van der Waals surface area (Å²) >= 11 is 4.90. The molecule has 0 heterocycles. The molecule has 5 heteroatoms. The van der Waals surface area contributed by atoms with Gasteiger partial charge in [-0.3, -0.25) is 9.69 Å². The highest BCUT2D eigenvalue weighted by molar-refractivity contribution is 7.80. The summed E-state index contributed by atoms with van der Waals surface area (Å²) < 4.78 is 0. The lowest BCUT2D eigenvalue weighted by molar-refractivity contribution is -0.123. The standard InChI is InChI=1S/C13H25N3OS/c1-2-8-16(9-12(14)18)10-13(17)15-11-6-4-3-5-7-11/h11H,2-10H2,1H3,(H2,14,18)(H,15,17). The Hall–Kier alpha value is -0.680. The first-order valence-electron chi connectivity index (χ1n) is 6.91. The number of carbonyl (C=O) groups excluding carboxylic acids is 1. The molecular weight excluding hydrogens is 246 g/mol. The van der Waals surface area contributed by atoms with Crippen LogP contribution in [0.5, 0.6) is 0 Å². The minimum atomic E-state index is 0.103. The first-order valence-corrected chi connectivity index (χ1v) is 7.32. The van der Waals surface area contributed by atoms with Gasteiger partial charge >= 0.3 is 0 Å². The third kappa shape index (κ3) is 6.31. The summed E-state index contributed by atoms with van der Waals surface area (Å²) in [5.41, 5.74) is 5.54. The minimum absolute atomic E-state index is 0.103. The van der Waals surface area contributed by atoms with Gasteiger partial charge in [-0.05, 0) is 25.8 Å². The van der Waals surface area contributed by atoms with E-state index in [1.165, 1.54) is 19.3 Å². The predicted molar refractivity (Wildman–Crippen MR) is 78.5 cm³/mol. The number of carbonyl (C=O) groups is 1. The van der Waals surface area contributed by atoms with Crippen LogP contribution in [0.3, 0.4) is 0 Å². The van der Waals surface area contributed by atoms with E-state index in [9.17, 15) is 4.79 Å². The maximum absolute atomic E-state index is 11.9. The summed E-state index contributed by atoms with van der Waals surface area (Å²) in [4.78, 5) is 14.4. The molecule has 0 bridgehead atoms.